The number of carbonyl (C=O) groups excluding carboxylic acids is 1. The van der Waals surface area contributed by atoms with E-state index in [0.29, 0.717) is 22.2 Å². The Kier molecular flexibility index (Phi) is 4.95. The molecule has 1 N–H and O–H groups in total. The van der Waals surface area contributed by atoms with Crippen molar-refractivity contribution >= 4 is 39.3 Å². The van der Waals surface area contributed by atoms with Gasteiger partial charge in [-0.25, -0.2) is 0 Å². The minimum atomic E-state index is -3.96. The van der Waals surface area contributed by atoms with Gasteiger partial charge < -0.3 is 5.41 Å². The van der Waals surface area contributed by atoms with Gasteiger partial charge in [0, 0.05) is 31.2 Å². The molecule has 0 spiro atoms. The standard InChI is InChI=1S/C18H17N5O3S/c1-12(24)13-3-5-16(6-4-13)27(25,26)23-18-7-14(15(8-19)9-20-2)10-21-17(18)11-22-23/h3-11,15,19H,1-2H3. The Balaban J connectivity index is 2.12. The Hall–Kier alpha value is -3.20. The van der Waals surface area contributed by atoms with Crippen LogP contribution in [0.2, 0.25) is 0 Å². The summed E-state index contributed by atoms with van der Waals surface area (Å²) in [5, 5.41) is 11.5. The van der Waals surface area contributed by atoms with Crippen LogP contribution >= 0.6 is 0 Å². The second kappa shape index (κ2) is 7.20. The lowest BCUT2D eigenvalue weighted by Gasteiger charge is -2.09. The number of hydrogen-bond donors (Lipinski definition) is 1. The Labute approximate surface area is 156 Å². The zero-order valence-corrected chi connectivity index (χ0v) is 15.5. The van der Waals surface area contributed by atoms with E-state index in [1.807, 2.05) is 0 Å². The van der Waals surface area contributed by atoms with Crippen molar-refractivity contribution in [2.45, 2.75) is 17.7 Å². The van der Waals surface area contributed by atoms with Crippen molar-refractivity contribution in [1.29, 1.82) is 5.41 Å². The second-order valence-corrected chi connectivity index (χ2v) is 7.61. The monoisotopic (exact) mass is 383 g/mol. The van der Waals surface area contributed by atoms with Crippen LogP contribution in [0.15, 0.2) is 52.6 Å². The summed E-state index contributed by atoms with van der Waals surface area (Å²) < 4.78 is 26.9. The summed E-state index contributed by atoms with van der Waals surface area (Å²) >= 11 is 0. The quantitative estimate of drug-likeness (QED) is 0.517. The molecule has 0 saturated carbocycles. The van der Waals surface area contributed by atoms with Crippen LogP contribution < -0.4 is 0 Å². The molecular weight excluding hydrogens is 366 g/mol. The Bertz CT molecular complexity index is 1150. The van der Waals surface area contributed by atoms with Crippen LogP contribution in [-0.4, -0.2) is 47.8 Å². The van der Waals surface area contributed by atoms with E-state index in [1.165, 1.54) is 43.6 Å². The van der Waals surface area contributed by atoms with Crippen LogP contribution in [0.5, 0.6) is 0 Å². The van der Waals surface area contributed by atoms with Crippen molar-refractivity contribution in [2.75, 3.05) is 7.05 Å². The number of nitrogens with zero attached hydrogens (tertiary/aromatic N) is 4. The Morgan fingerprint density at radius 3 is 2.56 bits per heavy atom. The van der Waals surface area contributed by atoms with Gasteiger partial charge in [-0.15, -0.1) is 0 Å². The highest BCUT2D eigenvalue weighted by molar-refractivity contribution is 7.90. The van der Waals surface area contributed by atoms with E-state index in [1.54, 1.807) is 25.5 Å². The molecule has 8 nitrogen and oxygen atoms in total. The maximum atomic E-state index is 13.0. The summed E-state index contributed by atoms with van der Waals surface area (Å²) in [6.07, 6.45) is 5.71. The Morgan fingerprint density at radius 2 is 1.96 bits per heavy atom. The number of ketones is 1. The largest absolute Gasteiger partial charge is 0.312 e. The van der Waals surface area contributed by atoms with Crippen molar-refractivity contribution in [3.05, 3.63) is 53.9 Å². The van der Waals surface area contributed by atoms with Crippen LogP contribution in [0.3, 0.4) is 0 Å². The molecule has 3 rings (SSSR count). The number of pyridine rings is 1. The van der Waals surface area contributed by atoms with Crippen molar-refractivity contribution in [1.82, 2.24) is 14.2 Å². The fourth-order valence-corrected chi connectivity index (χ4v) is 3.88. The average Bonchev–Trinajstić information content (AvgIpc) is 3.10. The van der Waals surface area contributed by atoms with Gasteiger partial charge in [0.1, 0.15) is 11.0 Å². The molecule has 1 atom stereocenters. The normalized spacial score (nSPS) is 13.1. The van der Waals surface area contributed by atoms with Gasteiger partial charge in [0.05, 0.1) is 17.0 Å². The highest BCUT2D eigenvalue weighted by atomic mass is 32.2. The van der Waals surface area contributed by atoms with Gasteiger partial charge in [-0.2, -0.15) is 17.6 Å². The summed E-state index contributed by atoms with van der Waals surface area (Å²) in [4.78, 5) is 19.6. The number of Topliss-reactive ketones (excluding diaryl/α,β-unsaturated/α-hetero) is 1. The third-order valence-electron chi connectivity index (χ3n) is 4.07. The van der Waals surface area contributed by atoms with Gasteiger partial charge in [0.2, 0.25) is 0 Å². The lowest BCUT2D eigenvalue weighted by atomic mass is 10.0. The second-order valence-electron chi connectivity index (χ2n) is 5.85. The smallest absolute Gasteiger partial charge is 0.283 e. The number of fused-ring (bicyclic) bond motifs is 1. The van der Waals surface area contributed by atoms with Crippen LogP contribution in [0, 0.1) is 5.41 Å². The molecule has 138 valence electrons. The first-order valence-corrected chi connectivity index (χ1v) is 9.45. The van der Waals surface area contributed by atoms with Crippen LogP contribution in [-0.2, 0) is 10.0 Å². The molecular formula is C18H17N5O3S. The fourth-order valence-electron chi connectivity index (χ4n) is 2.62. The first kappa shape index (κ1) is 18.6. The molecule has 1 aromatic carbocycles. The van der Waals surface area contributed by atoms with Gasteiger partial charge in [-0.1, -0.05) is 12.1 Å². The molecule has 0 aliphatic carbocycles. The first-order valence-electron chi connectivity index (χ1n) is 8.01. The molecule has 0 fully saturated rings. The number of aromatic nitrogens is 3. The van der Waals surface area contributed by atoms with Crippen molar-refractivity contribution in [3.63, 3.8) is 0 Å². The molecule has 0 bridgehead atoms. The van der Waals surface area contributed by atoms with E-state index in [2.05, 4.69) is 15.1 Å². The lowest BCUT2D eigenvalue weighted by Crippen LogP contribution is -2.15. The van der Waals surface area contributed by atoms with Gasteiger partial charge in [0.25, 0.3) is 10.0 Å². The number of benzene rings is 1. The van der Waals surface area contributed by atoms with E-state index in [4.69, 9.17) is 5.41 Å². The highest BCUT2D eigenvalue weighted by Gasteiger charge is 2.22. The zero-order chi connectivity index (χ0) is 19.6. The molecule has 1 unspecified atom stereocenters. The van der Waals surface area contributed by atoms with E-state index in [0.717, 1.165) is 4.09 Å². The molecule has 27 heavy (non-hydrogen) atoms. The maximum absolute atomic E-state index is 13.0. The molecule has 3 aromatic rings. The molecule has 0 aliphatic rings. The van der Waals surface area contributed by atoms with Crippen LogP contribution in [0.1, 0.15) is 28.8 Å². The third-order valence-corrected chi connectivity index (χ3v) is 5.68. The SMILES string of the molecule is CN=CC(C=N)c1cnc2cnn(S(=O)(=O)c3ccc(C(C)=O)cc3)c2c1. The van der Waals surface area contributed by atoms with Gasteiger partial charge in [-0.05, 0) is 30.7 Å². The fraction of sp³-hybridized carbons (Fsp3) is 0.167. The van der Waals surface area contributed by atoms with E-state index in [-0.39, 0.29) is 10.7 Å². The molecule has 0 aliphatic heterocycles. The summed E-state index contributed by atoms with van der Waals surface area (Å²) in [6.45, 7) is 1.41. The molecule has 0 amide bonds. The summed E-state index contributed by atoms with van der Waals surface area (Å²) in [5.74, 6) is -0.555. The molecule has 2 aromatic heterocycles. The van der Waals surface area contributed by atoms with Crippen molar-refractivity contribution in [2.24, 2.45) is 4.99 Å². The van der Waals surface area contributed by atoms with Gasteiger partial charge >= 0.3 is 0 Å². The van der Waals surface area contributed by atoms with Crippen molar-refractivity contribution in [3.8, 4) is 0 Å². The molecule has 0 radical (unpaired) electrons. The molecule has 2 heterocycles. The predicted molar refractivity (Wildman–Crippen MR) is 102 cm³/mol. The number of aliphatic imine (C=N–C) groups is 1. The first-order chi connectivity index (χ1) is 12.9. The summed E-state index contributed by atoms with van der Waals surface area (Å²) in [6, 6.07) is 7.32. The van der Waals surface area contributed by atoms with Crippen molar-refractivity contribution < 1.29 is 13.2 Å². The minimum Gasteiger partial charge on any atom is -0.312 e. The summed E-state index contributed by atoms with van der Waals surface area (Å²) in [7, 11) is -2.36. The molecule has 9 heteroatoms. The zero-order valence-electron chi connectivity index (χ0n) is 14.7. The maximum Gasteiger partial charge on any atom is 0.283 e. The van der Waals surface area contributed by atoms with E-state index < -0.39 is 15.9 Å². The number of rotatable bonds is 6. The predicted octanol–water partition coefficient (Wildman–Crippen LogP) is 2.30. The molecule has 0 saturated heterocycles. The minimum absolute atomic E-state index is 0.0154. The highest BCUT2D eigenvalue weighted by Crippen LogP contribution is 2.22. The average molecular weight is 383 g/mol. The number of hydrogen-bond acceptors (Lipinski definition) is 7. The van der Waals surface area contributed by atoms with Gasteiger partial charge in [-0.3, -0.25) is 14.8 Å². The number of nitrogens with one attached hydrogen (secondary N) is 1. The number of carbonyl (C=O) groups is 1. The topological polar surface area (TPSA) is 118 Å². The van der Waals surface area contributed by atoms with Crippen LogP contribution in [0.25, 0.3) is 11.0 Å². The summed E-state index contributed by atoms with van der Waals surface area (Å²) in [5.41, 5.74) is 1.78. The Morgan fingerprint density at radius 1 is 1.26 bits per heavy atom. The lowest BCUT2D eigenvalue weighted by molar-refractivity contribution is 0.101. The van der Waals surface area contributed by atoms with E-state index in [9.17, 15) is 13.2 Å². The van der Waals surface area contributed by atoms with Gasteiger partial charge in [0.15, 0.2) is 5.78 Å². The van der Waals surface area contributed by atoms with Crippen LogP contribution in [0.4, 0.5) is 0 Å². The third kappa shape index (κ3) is 3.41. The van der Waals surface area contributed by atoms with E-state index >= 15 is 0 Å².